The van der Waals surface area contributed by atoms with Crippen molar-refractivity contribution in [3.63, 3.8) is 0 Å². The minimum atomic E-state index is -1.04. The van der Waals surface area contributed by atoms with Crippen molar-refractivity contribution in [3.05, 3.63) is 39.8 Å². The van der Waals surface area contributed by atoms with Crippen molar-refractivity contribution < 1.29 is 9.90 Å². The minimum Gasteiger partial charge on any atom is -0.477 e. The maximum absolute atomic E-state index is 11.0. The van der Waals surface area contributed by atoms with Crippen LogP contribution in [0, 0.1) is 6.92 Å². The number of aromatic nitrogens is 2. The van der Waals surface area contributed by atoms with Gasteiger partial charge in [0.25, 0.3) is 0 Å². The van der Waals surface area contributed by atoms with Gasteiger partial charge in [0, 0.05) is 10.6 Å². The summed E-state index contributed by atoms with van der Waals surface area (Å²) in [5.74, 6) is -0.685. The molecule has 0 saturated heterocycles. The number of hydrogen-bond acceptors (Lipinski definition) is 5. The van der Waals surface area contributed by atoms with Crippen molar-refractivity contribution in [2.24, 2.45) is 0 Å². The molecule has 0 saturated carbocycles. The fraction of sp³-hybridized carbons (Fsp3) is 0.308. The van der Waals surface area contributed by atoms with E-state index >= 15 is 0 Å². The van der Waals surface area contributed by atoms with E-state index in [0.29, 0.717) is 11.6 Å². The summed E-state index contributed by atoms with van der Waals surface area (Å²) >= 11 is 1.66. The molecule has 2 rings (SSSR count). The van der Waals surface area contributed by atoms with Crippen LogP contribution in [0.5, 0.6) is 0 Å². The number of carbonyl (C=O) groups is 1. The molecular formula is C13H15N3O2S. The van der Waals surface area contributed by atoms with Crippen molar-refractivity contribution >= 4 is 23.3 Å². The minimum absolute atomic E-state index is 0.0102. The van der Waals surface area contributed by atoms with Crippen LogP contribution in [0.2, 0.25) is 0 Å². The van der Waals surface area contributed by atoms with Crippen LogP contribution in [0.15, 0.2) is 23.6 Å². The van der Waals surface area contributed by atoms with Crippen molar-refractivity contribution in [1.82, 2.24) is 9.97 Å². The molecule has 0 aliphatic rings. The van der Waals surface area contributed by atoms with Crippen LogP contribution in [0.25, 0.3) is 0 Å². The predicted molar refractivity (Wildman–Crippen MR) is 74.7 cm³/mol. The van der Waals surface area contributed by atoms with Crippen molar-refractivity contribution in [3.8, 4) is 0 Å². The molecule has 0 amide bonds. The third-order valence-electron chi connectivity index (χ3n) is 2.67. The van der Waals surface area contributed by atoms with Gasteiger partial charge in [0.05, 0.1) is 6.04 Å². The molecule has 0 radical (unpaired) electrons. The van der Waals surface area contributed by atoms with Gasteiger partial charge in [-0.3, -0.25) is 0 Å². The Kier molecular flexibility index (Phi) is 4.11. The molecule has 0 aliphatic carbocycles. The van der Waals surface area contributed by atoms with Crippen LogP contribution in [-0.2, 0) is 0 Å². The van der Waals surface area contributed by atoms with Gasteiger partial charge < -0.3 is 10.4 Å². The highest BCUT2D eigenvalue weighted by Crippen LogP contribution is 2.24. The number of nitrogens with zero attached hydrogens (tertiary/aromatic N) is 2. The molecule has 1 atom stereocenters. The van der Waals surface area contributed by atoms with Crippen molar-refractivity contribution in [1.29, 1.82) is 0 Å². The van der Waals surface area contributed by atoms with E-state index in [1.807, 2.05) is 17.5 Å². The fourth-order valence-corrected chi connectivity index (χ4v) is 2.62. The average Bonchev–Trinajstić information content (AvgIpc) is 2.89. The molecule has 0 aliphatic heterocycles. The van der Waals surface area contributed by atoms with Gasteiger partial charge in [-0.25, -0.2) is 14.8 Å². The Labute approximate surface area is 115 Å². The molecule has 19 heavy (non-hydrogen) atoms. The van der Waals surface area contributed by atoms with Crippen LogP contribution in [0.4, 0.5) is 5.95 Å². The van der Waals surface area contributed by atoms with E-state index in [0.717, 1.165) is 6.42 Å². The molecule has 2 N–H and O–H groups in total. The predicted octanol–water partition coefficient (Wildman–Crippen LogP) is 3.11. The summed E-state index contributed by atoms with van der Waals surface area (Å²) < 4.78 is 0. The summed E-state index contributed by atoms with van der Waals surface area (Å²) in [6.07, 6.45) is 0.875. The number of carboxylic acid groups (broad SMARTS) is 1. The molecule has 2 heterocycles. The lowest BCUT2D eigenvalue weighted by Gasteiger charge is -2.15. The van der Waals surface area contributed by atoms with Crippen LogP contribution >= 0.6 is 11.3 Å². The van der Waals surface area contributed by atoms with Gasteiger partial charge in [-0.15, -0.1) is 11.3 Å². The largest absolute Gasteiger partial charge is 0.477 e. The quantitative estimate of drug-likeness (QED) is 0.878. The highest BCUT2D eigenvalue weighted by Gasteiger charge is 2.14. The first-order valence-corrected chi connectivity index (χ1v) is 6.87. The average molecular weight is 277 g/mol. The zero-order chi connectivity index (χ0) is 13.8. The molecule has 100 valence electrons. The van der Waals surface area contributed by atoms with Gasteiger partial charge in [0.15, 0.2) is 5.69 Å². The number of aromatic carboxylic acids is 1. The molecule has 0 bridgehead atoms. The first kappa shape index (κ1) is 13.5. The Morgan fingerprint density at radius 1 is 1.53 bits per heavy atom. The summed E-state index contributed by atoms with van der Waals surface area (Å²) in [6.45, 7) is 3.82. The normalized spacial score (nSPS) is 12.1. The second-order valence-electron chi connectivity index (χ2n) is 4.14. The maximum atomic E-state index is 11.0. The van der Waals surface area contributed by atoms with Gasteiger partial charge in [-0.05, 0) is 30.9 Å². The van der Waals surface area contributed by atoms with E-state index < -0.39 is 5.97 Å². The number of aryl methyl sites for hydroxylation is 1. The summed E-state index contributed by atoms with van der Waals surface area (Å²) in [7, 11) is 0. The van der Waals surface area contributed by atoms with Crippen LogP contribution < -0.4 is 5.32 Å². The van der Waals surface area contributed by atoms with Gasteiger partial charge >= 0.3 is 5.97 Å². The highest BCUT2D eigenvalue weighted by molar-refractivity contribution is 7.10. The van der Waals surface area contributed by atoms with Crippen LogP contribution in [0.3, 0.4) is 0 Å². The smallest absolute Gasteiger partial charge is 0.354 e. The zero-order valence-electron chi connectivity index (χ0n) is 10.8. The second-order valence-corrected chi connectivity index (χ2v) is 5.12. The van der Waals surface area contributed by atoms with Crippen LogP contribution in [0.1, 0.15) is 40.4 Å². The van der Waals surface area contributed by atoms with Gasteiger partial charge in [-0.2, -0.15) is 0 Å². The SMILES string of the molecule is CCC(Nc1nc(C)cc(C(=O)O)n1)c1cccs1. The second kappa shape index (κ2) is 5.79. The first-order chi connectivity index (χ1) is 9.10. The van der Waals surface area contributed by atoms with E-state index in [9.17, 15) is 4.79 Å². The lowest BCUT2D eigenvalue weighted by Crippen LogP contribution is -2.13. The van der Waals surface area contributed by atoms with E-state index in [4.69, 9.17) is 5.11 Å². The number of thiophene rings is 1. The monoisotopic (exact) mass is 277 g/mol. The Morgan fingerprint density at radius 2 is 2.32 bits per heavy atom. The molecular weight excluding hydrogens is 262 g/mol. The molecule has 0 spiro atoms. The standard InChI is InChI=1S/C13H15N3O2S/c1-3-9(11-5-4-6-19-11)15-13-14-8(2)7-10(16-13)12(17)18/h4-7,9H,3H2,1-2H3,(H,17,18)(H,14,15,16). The molecule has 2 aromatic heterocycles. The number of nitrogens with one attached hydrogen (secondary N) is 1. The van der Waals surface area contributed by atoms with E-state index in [1.165, 1.54) is 10.9 Å². The van der Waals surface area contributed by atoms with E-state index in [-0.39, 0.29) is 11.7 Å². The van der Waals surface area contributed by atoms with Gasteiger partial charge in [0.2, 0.25) is 5.95 Å². The molecule has 0 fully saturated rings. The molecule has 1 unspecified atom stereocenters. The lowest BCUT2D eigenvalue weighted by atomic mass is 10.2. The maximum Gasteiger partial charge on any atom is 0.354 e. The summed E-state index contributed by atoms with van der Waals surface area (Å²) in [6, 6.07) is 5.59. The third kappa shape index (κ3) is 3.29. The number of carboxylic acids is 1. The topological polar surface area (TPSA) is 75.1 Å². The molecule has 2 aromatic rings. The summed E-state index contributed by atoms with van der Waals surface area (Å²) in [5.41, 5.74) is 0.645. The number of rotatable bonds is 5. The van der Waals surface area contributed by atoms with Crippen molar-refractivity contribution in [2.45, 2.75) is 26.3 Å². The highest BCUT2D eigenvalue weighted by atomic mass is 32.1. The summed E-state index contributed by atoms with van der Waals surface area (Å²) in [4.78, 5) is 20.4. The van der Waals surface area contributed by atoms with Crippen molar-refractivity contribution in [2.75, 3.05) is 5.32 Å². The lowest BCUT2D eigenvalue weighted by molar-refractivity contribution is 0.0690. The first-order valence-electron chi connectivity index (χ1n) is 5.99. The Balaban J connectivity index is 2.24. The van der Waals surface area contributed by atoms with Gasteiger partial charge in [0.1, 0.15) is 0 Å². The summed E-state index contributed by atoms with van der Waals surface area (Å²) in [5, 5.41) is 14.2. The Bertz CT molecular complexity index is 569. The molecule has 5 nitrogen and oxygen atoms in total. The van der Waals surface area contributed by atoms with Crippen LogP contribution in [-0.4, -0.2) is 21.0 Å². The Morgan fingerprint density at radius 3 is 2.89 bits per heavy atom. The Hall–Kier alpha value is -1.95. The fourth-order valence-electron chi connectivity index (χ4n) is 1.76. The third-order valence-corrected chi connectivity index (χ3v) is 3.66. The van der Waals surface area contributed by atoms with E-state index in [2.05, 4.69) is 22.2 Å². The zero-order valence-corrected chi connectivity index (χ0v) is 11.6. The molecule has 0 aromatic carbocycles. The number of hydrogen-bond donors (Lipinski definition) is 2. The van der Waals surface area contributed by atoms with E-state index in [1.54, 1.807) is 18.3 Å². The van der Waals surface area contributed by atoms with Gasteiger partial charge in [-0.1, -0.05) is 13.0 Å². The number of anilines is 1. The molecule has 6 heteroatoms.